The molecule has 0 aliphatic heterocycles. The molecule has 0 aliphatic carbocycles. The van der Waals surface area contributed by atoms with E-state index in [2.05, 4.69) is 0 Å². The van der Waals surface area contributed by atoms with Gasteiger partial charge in [-0.15, -0.1) is 0 Å². The fraction of sp³-hybridized carbons (Fsp3) is 0.667. The predicted molar refractivity (Wildman–Crippen MR) is 37.4 cm³/mol. The number of allylic oxidation sites excluding steroid dienone is 1. The van der Waals surface area contributed by atoms with Gasteiger partial charge in [-0.25, -0.2) is 8.78 Å². The molecule has 0 fully saturated rings. The molecule has 3 heteroatoms. The van der Waals surface area contributed by atoms with Gasteiger partial charge in [0.05, 0.1) is 0 Å². The van der Waals surface area contributed by atoms with Crippen molar-refractivity contribution in [2.24, 2.45) is 5.73 Å². The molecule has 58 valence electrons. The van der Waals surface area contributed by atoms with Gasteiger partial charge in [0.2, 0.25) is 6.93 Å². The lowest BCUT2D eigenvalue weighted by atomic mass is 10.7. The molecule has 1 nitrogen and oxygen atoms in total. The van der Waals surface area contributed by atoms with Crippen LogP contribution in [-0.4, -0.2) is 6.93 Å². The molecule has 0 aromatic carbocycles. The molecule has 0 bridgehead atoms. The summed E-state index contributed by atoms with van der Waals surface area (Å²) in [6, 6.07) is 0. The van der Waals surface area contributed by atoms with E-state index in [1.165, 1.54) is 6.20 Å². The molecular weight excluding hydrogens is 124 g/mol. The monoisotopic (exact) mass is 139 g/mol. The lowest BCUT2D eigenvalue weighted by molar-refractivity contribution is 0.295. The second-order valence-electron chi connectivity index (χ2n) is 0.627. The van der Waals surface area contributed by atoms with Gasteiger partial charge in [0.1, 0.15) is 0 Å². The zero-order valence-electron chi connectivity index (χ0n) is 6.20. The molecule has 0 rings (SSSR count). The van der Waals surface area contributed by atoms with E-state index in [4.69, 9.17) is 5.73 Å². The Kier molecular flexibility index (Phi) is 92.2. The van der Waals surface area contributed by atoms with Crippen LogP contribution in [0.3, 0.4) is 0 Å². The molecule has 0 aliphatic rings. The summed E-state index contributed by atoms with van der Waals surface area (Å²) in [7, 11) is 0. The topological polar surface area (TPSA) is 26.0 Å². The average Bonchev–Trinajstić information content (AvgIpc) is 1.94. The lowest BCUT2D eigenvalue weighted by Gasteiger charge is -1.53. The minimum atomic E-state index is -1.75. The molecule has 2 N–H and O–H groups in total. The summed E-state index contributed by atoms with van der Waals surface area (Å²) in [5.74, 6) is 0. The quantitative estimate of drug-likeness (QED) is 0.548. The van der Waals surface area contributed by atoms with Crippen LogP contribution < -0.4 is 5.73 Å². The molecule has 0 atom stereocenters. The summed E-state index contributed by atoms with van der Waals surface area (Å²) in [6.45, 7) is 4.12. The third-order valence-electron chi connectivity index (χ3n) is 0.192. The van der Waals surface area contributed by atoms with E-state index in [0.29, 0.717) is 0 Å². The van der Waals surface area contributed by atoms with Crippen LogP contribution in [0.2, 0.25) is 0 Å². The standard InChI is InChI=1S/C3H7N.C2H6.CH2F2/c1-2-3-4;1-2;2-1-3/h2-3H,4H2,1H3;1-2H3;1H2/b3-2-;;. The molecule has 0 amide bonds. The molecule has 9 heavy (non-hydrogen) atoms. The van der Waals surface area contributed by atoms with Crippen LogP contribution in [-0.2, 0) is 0 Å². The first kappa shape index (κ1) is 15.8. The molecule has 0 spiro atoms. The lowest BCUT2D eigenvalue weighted by Crippen LogP contribution is -1.70. The largest absolute Gasteiger partial charge is 0.405 e. The van der Waals surface area contributed by atoms with E-state index < -0.39 is 6.93 Å². The number of hydrogen-bond donors (Lipinski definition) is 1. The maximum absolute atomic E-state index is 9.62. The van der Waals surface area contributed by atoms with Gasteiger partial charge in [-0.05, 0) is 13.1 Å². The van der Waals surface area contributed by atoms with Crippen LogP contribution >= 0.6 is 0 Å². The van der Waals surface area contributed by atoms with E-state index in [9.17, 15) is 8.78 Å². The predicted octanol–water partition coefficient (Wildman–Crippen LogP) is 2.39. The van der Waals surface area contributed by atoms with E-state index in [1.54, 1.807) is 6.08 Å². The van der Waals surface area contributed by atoms with E-state index >= 15 is 0 Å². The van der Waals surface area contributed by atoms with Crippen molar-refractivity contribution in [3.8, 4) is 0 Å². The van der Waals surface area contributed by atoms with Gasteiger partial charge >= 0.3 is 0 Å². The molecule has 0 saturated heterocycles. The number of hydrogen-bond acceptors (Lipinski definition) is 1. The van der Waals surface area contributed by atoms with Gasteiger partial charge in [-0.1, -0.05) is 19.9 Å². The maximum Gasteiger partial charge on any atom is 0.229 e. The Hall–Kier alpha value is -0.600. The first-order valence-corrected chi connectivity index (χ1v) is 2.78. The smallest absolute Gasteiger partial charge is 0.229 e. The highest BCUT2D eigenvalue weighted by molar-refractivity contribution is 4.66. The summed E-state index contributed by atoms with van der Waals surface area (Å²) in [5, 5.41) is 0. The number of halogens is 2. The second-order valence-corrected chi connectivity index (χ2v) is 0.627. The van der Waals surface area contributed by atoms with Gasteiger partial charge in [0.15, 0.2) is 0 Å². The van der Waals surface area contributed by atoms with Gasteiger partial charge in [0, 0.05) is 0 Å². The van der Waals surface area contributed by atoms with Crippen molar-refractivity contribution in [2.75, 3.05) is 6.93 Å². The van der Waals surface area contributed by atoms with Crippen LogP contribution in [0.15, 0.2) is 12.3 Å². The summed E-state index contributed by atoms with van der Waals surface area (Å²) < 4.78 is 19.2. The highest BCUT2D eigenvalue weighted by atomic mass is 19.3. The minimum Gasteiger partial charge on any atom is -0.405 e. The molecule has 0 unspecified atom stereocenters. The van der Waals surface area contributed by atoms with Crippen LogP contribution in [0.5, 0.6) is 0 Å². The van der Waals surface area contributed by atoms with Gasteiger partial charge in [-0.2, -0.15) is 0 Å². The Morgan fingerprint density at radius 3 is 1.44 bits per heavy atom. The number of alkyl halides is 2. The number of nitrogens with two attached hydrogens (primary N) is 1. The summed E-state index contributed by atoms with van der Waals surface area (Å²) >= 11 is 0. The van der Waals surface area contributed by atoms with Crippen molar-refractivity contribution in [2.45, 2.75) is 20.8 Å². The Morgan fingerprint density at radius 1 is 1.33 bits per heavy atom. The van der Waals surface area contributed by atoms with E-state index in [0.717, 1.165) is 0 Å². The Balaban J connectivity index is -0.0000000646. The Morgan fingerprint density at radius 2 is 1.44 bits per heavy atom. The van der Waals surface area contributed by atoms with Crippen molar-refractivity contribution in [3.05, 3.63) is 12.3 Å². The maximum atomic E-state index is 9.62. The highest BCUT2D eigenvalue weighted by Gasteiger charge is 1.44. The summed E-state index contributed by atoms with van der Waals surface area (Å²) in [5.41, 5.74) is 4.85. The van der Waals surface area contributed by atoms with Crippen LogP contribution in [0.25, 0.3) is 0 Å². The third kappa shape index (κ3) is 1350. The van der Waals surface area contributed by atoms with Crippen molar-refractivity contribution in [1.29, 1.82) is 0 Å². The third-order valence-corrected chi connectivity index (χ3v) is 0.192. The second kappa shape index (κ2) is 52.6. The van der Waals surface area contributed by atoms with Crippen LogP contribution in [0.4, 0.5) is 8.78 Å². The van der Waals surface area contributed by atoms with Gasteiger partial charge in [-0.3, -0.25) is 0 Å². The first-order valence-electron chi connectivity index (χ1n) is 2.78. The average molecular weight is 139 g/mol. The van der Waals surface area contributed by atoms with Crippen molar-refractivity contribution >= 4 is 0 Å². The van der Waals surface area contributed by atoms with Crippen LogP contribution in [0.1, 0.15) is 20.8 Å². The number of rotatable bonds is 0. The summed E-state index contributed by atoms with van der Waals surface area (Å²) in [6.07, 6.45) is 3.28. The fourth-order valence-corrected chi connectivity index (χ4v) is 0. The summed E-state index contributed by atoms with van der Waals surface area (Å²) in [4.78, 5) is 0. The van der Waals surface area contributed by atoms with Gasteiger partial charge in [0.25, 0.3) is 0 Å². The minimum absolute atomic E-state index is 1.50. The molecule has 0 heterocycles. The fourth-order valence-electron chi connectivity index (χ4n) is 0. The zero-order chi connectivity index (χ0) is 8.12. The highest BCUT2D eigenvalue weighted by Crippen LogP contribution is 1.56. The van der Waals surface area contributed by atoms with Crippen molar-refractivity contribution in [1.82, 2.24) is 0 Å². The SMILES string of the molecule is C/C=C\N.CC.FCF. The molecule has 0 aromatic rings. The van der Waals surface area contributed by atoms with Crippen molar-refractivity contribution < 1.29 is 8.78 Å². The van der Waals surface area contributed by atoms with E-state index in [-0.39, 0.29) is 0 Å². The van der Waals surface area contributed by atoms with Crippen LogP contribution in [0, 0.1) is 0 Å². The molecule has 0 aromatic heterocycles. The van der Waals surface area contributed by atoms with E-state index in [1.807, 2.05) is 20.8 Å². The molecular formula is C6H15F2N. The zero-order valence-corrected chi connectivity index (χ0v) is 6.20. The Labute approximate surface area is 55.6 Å². The first-order chi connectivity index (χ1) is 4.33. The molecule has 0 radical (unpaired) electrons. The Bertz CT molecular complexity index is 34.0. The van der Waals surface area contributed by atoms with Crippen molar-refractivity contribution in [3.63, 3.8) is 0 Å². The molecule has 0 saturated carbocycles. The normalized spacial score (nSPS) is 6.78. The van der Waals surface area contributed by atoms with Gasteiger partial charge < -0.3 is 5.73 Å².